The minimum Gasteiger partial charge on any atom is -0.341 e. The van der Waals surface area contributed by atoms with E-state index in [0.29, 0.717) is 17.6 Å². The predicted octanol–water partition coefficient (Wildman–Crippen LogP) is 2.13. The molecule has 0 aliphatic carbocycles. The van der Waals surface area contributed by atoms with Crippen LogP contribution in [0, 0.1) is 0 Å². The summed E-state index contributed by atoms with van der Waals surface area (Å²) in [5.41, 5.74) is 0. The summed E-state index contributed by atoms with van der Waals surface area (Å²) in [4.78, 5) is 14.2. The molecule has 1 fully saturated rings. The van der Waals surface area contributed by atoms with Crippen molar-refractivity contribution in [3.8, 4) is 0 Å². The van der Waals surface area contributed by atoms with Crippen LogP contribution in [0.1, 0.15) is 26.2 Å². The molecule has 1 amide bonds. The van der Waals surface area contributed by atoms with Gasteiger partial charge in [0, 0.05) is 17.6 Å². The molecule has 0 aromatic heterocycles. The molecule has 0 radical (unpaired) electrons. The number of carbonyl (C=O) groups is 1. The minimum atomic E-state index is -3.72. The molecule has 1 saturated heterocycles. The van der Waals surface area contributed by atoms with Gasteiger partial charge in [-0.1, -0.05) is 12.1 Å². The molecule has 7 heteroatoms. The van der Waals surface area contributed by atoms with Crippen LogP contribution in [-0.2, 0) is 14.8 Å². The van der Waals surface area contributed by atoms with Crippen LogP contribution in [-0.4, -0.2) is 38.4 Å². The van der Waals surface area contributed by atoms with Gasteiger partial charge in [0.05, 0.1) is 10.9 Å². The van der Waals surface area contributed by atoms with Crippen molar-refractivity contribution >= 4 is 31.9 Å². The monoisotopic (exact) mass is 374 g/mol. The largest absolute Gasteiger partial charge is 0.341 e. The van der Waals surface area contributed by atoms with Crippen LogP contribution in [0.4, 0.5) is 0 Å². The van der Waals surface area contributed by atoms with Crippen molar-refractivity contribution in [2.45, 2.75) is 37.1 Å². The van der Waals surface area contributed by atoms with Crippen molar-refractivity contribution < 1.29 is 13.2 Å². The second-order valence-corrected chi connectivity index (χ2v) is 7.70. The lowest BCUT2D eigenvalue weighted by atomic mass is 10.1. The van der Waals surface area contributed by atoms with Crippen LogP contribution in [0.2, 0.25) is 0 Å². The Bertz CT molecular complexity index is 612. The summed E-state index contributed by atoms with van der Waals surface area (Å²) in [6.07, 6.45) is 3.09. The standard InChI is InChI=1S/C14H19BrN2O3S/c1-11(14(18)17-9-5-2-6-10-17)16-21(19,20)13-8-4-3-7-12(13)15/h3-4,7-8,11,16H,2,5-6,9-10H2,1H3. The van der Waals surface area contributed by atoms with E-state index < -0.39 is 16.1 Å². The zero-order valence-corrected chi connectivity index (χ0v) is 14.3. The number of nitrogens with zero attached hydrogens (tertiary/aromatic N) is 1. The molecule has 5 nitrogen and oxygen atoms in total. The summed E-state index contributed by atoms with van der Waals surface area (Å²) in [7, 11) is -3.72. The summed E-state index contributed by atoms with van der Waals surface area (Å²) >= 11 is 3.22. The number of piperidine rings is 1. The van der Waals surface area contributed by atoms with Crippen LogP contribution in [0.15, 0.2) is 33.6 Å². The quantitative estimate of drug-likeness (QED) is 0.877. The fourth-order valence-electron chi connectivity index (χ4n) is 2.40. The van der Waals surface area contributed by atoms with Crippen molar-refractivity contribution in [2.75, 3.05) is 13.1 Å². The van der Waals surface area contributed by atoms with E-state index in [9.17, 15) is 13.2 Å². The number of halogens is 1. The zero-order valence-electron chi connectivity index (χ0n) is 11.9. The van der Waals surface area contributed by atoms with Gasteiger partial charge in [0.2, 0.25) is 15.9 Å². The van der Waals surface area contributed by atoms with Crippen LogP contribution >= 0.6 is 15.9 Å². The molecular formula is C14H19BrN2O3S. The molecule has 1 aromatic carbocycles. The average molecular weight is 375 g/mol. The van der Waals surface area contributed by atoms with E-state index in [-0.39, 0.29) is 10.8 Å². The van der Waals surface area contributed by atoms with Crippen molar-refractivity contribution in [2.24, 2.45) is 0 Å². The summed E-state index contributed by atoms with van der Waals surface area (Å²) in [6, 6.07) is 5.79. The number of amides is 1. The van der Waals surface area contributed by atoms with Gasteiger partial charge in [0.15, 0.2) is 0 Å². The maximum absolute atomic E-state index is 12.3. The van der Waals surface area contributed by atoms with Crippen LogP contribution in [0.5, 0.6) is 0 Å². The van der Waals surface area contributed by atoms with Gasteiger partial charge in [-0.05, 0) is 54.2 Å². The molecule has 1 N–H and O–H groups in total. The molecule has 1 aliphatic heterocycles. The summed E-state index contributed by atoms with van der Waals surface area (Å²) in [5, 5.41) is 0. The minimum absolute atomic E-state index is 0.142. The van der Waals surface area contributed by atoms with E-state index in [1.165, 1.54) is 6.07 Å². The number of benzene rings is 1. The Labute approximate surface area is 133 Å². The molecule has 21 heavy (non-hydrogen) atoms. The number of hydrogen-bond donors (Lipinski definition) is 1. The zero-order chi connectivity index (χ0) is 15.5. The Morgan fingerprint density at radius 1 is 1.24 bits per heavy atom. The topological polar surface area (TPSA) is 66.5 Å². The molecular weight excluding hydrogens is 356 g/mol. The molecule has 1 aliphatic rings. The molecule has 1 heterocycles. The highest BCUT2D eigenvalue weighted by molar-refractivity contribution is 9.10. The maximum atomic E-state index is 12.3. The van der Waals surface area contributed by atoms with Crippen LogP contribution in [0.3, 0.4) is 0 Å². The first-order valence-electron chi connectivity index (χ1n) is 6.97. The van der Waals surface area contributed by atoms with Crippen molar-refractivity contribution in [3.63, 3.8) is 0 Å². The molecule has 1 aromatic rings. The Morgan fingerprint density at radius 3 is 2.48 bits per heavy atom. The maximum Gasteiger partial charge on any atom is 0.242 e. The fraction of sp³-hybridized carbons (Fsp3) is 0.500. The average Bonchev–Trinajstić information content (AvgIpc) is 2.47. The number of hydrogen-bond acceptors (Lipinski definition) is 3. The van der Waals surface area contributed by atoms with Gasteiger partial charge in [0.25, 0.3) is 0 Å². The molecule has 116 valence electrons. The van der Waals surface area contributed by atoms with E-state index in [1.54, 1.807) is 30.0 Å². The Morgan fingerprint density at radius 2 is 1.86 bits per heavy atom. The van der Waals surface area contributed by atoms with E-state index in [0.717, 1.165) is 19.3 Å². The number of nitrogens with one attached hydrogen (secondary N) is 1. The summed E-state index contributed by atoms with van der Waals surface area (Å²) in [6.45, 7) is 3.01. The number of carbonyl (C=O) groups excluding carboxylic acids is 1. The number of sulfonamides is 1. The van der Waals surface area contributed by atoms with Crippen molar-refractivity contribution in [1.82, 2.24) is 9.62 Å². The molecule has 0 bridgehead atoms. The molecule has 0 saturated carbocycles. The highest BCUT2D eigenvalue weighted by Gasteiger charge is 2.27. The fourth-order valence-corrected chi connectivity index (χ4v) is 4.60. The molecule has 1 atom stereocenters. The SMILES string of the molecule is CC(NS(=O)(=O)c1ccccc1Br)C(=O)N1CCCCC1. The molecule has 1 unspecified atom stereocenters. The smallest absolute Gasteiger partial charge is 0.242 e. The third-order valence-electron chi connectivity index (χ3n) is 3.50. The van der Waals surface area contributed by atoms with Crippen LogP contribution < -0.4 is 4.72 Å². The second-order valence-electron chi connectivity index (χ2n) is 5.16. The van der Waals surface area contributed by atoms with Gasteiger partial charge >= 0.3 is 0 Å². The van der Waals surface area contributed by atoms with Gasteiger partial charge < -0.3 is 4.90 Å². The lowest BCUT2D eigenvalue weighted by Gasteiger charge is -2.29. The van der Waals surface area contributed by atoms with E-state index in [1.807, 2.05) is 0 Å². The van der Waals surface area contributed by atoms with E-state index >= 15 is 0 Å². The lowest BCUT2D eigenvalue weighted by Crippen LogP contribution is -2.48. The summed E-state index contributed by atoms with van der Waals surface area (Å²) in [5.74, 6) is -0.162. The van der Waals surface area contributed by atoms with Gasteiger partial charge in [0.1, 0.15) is 0 Å². The Kier molecular flexibility index (Phi) is 5.40. The van der Waals surface area contributed by atoms with Gasteiger partial charge in [-0.3, -0.25) is 4.79 Å². The van der Waals surface area contributed by atoms with Crippen molar-refractivity contribution in [1.29, 1.82) is 0 Å². The van der Waals surface area contributed by atoms with Crippen molar-refractivity contribution in [3.05, 3.63) is 28.7 Å². The number of likely N-dealkylation sites (tertiary alicyclic amines) is 1. The van der Waals surface area contributed by atoms with E-state index in [4.69, 9.17) is 0 Å². The summed E-state index contributed by atoms with van der Waals surface area (Å²) < 4.78 is 27.6. The Hall–Kier alpha value is -0.920. The first kappa shape index (κ1) is 16.5. The van der Waals surface area contributed by atoms with Gasteiger partial charge in [-0.2, -0.15) is 4.72 Å². The van der Waals surface area contributed by atoms with Gasteiger partial charge in [-0.15, -0.1) is 0 Å². The first-order chi connectivity index (χ1) is 9.92. The van der Waals surface area contributed by atoms with E-state index in [2.05, 4.69) is 20.7 Å². The number of rotatable bonds is 4. The van der Waals surface area contributed by atoms with Crippen LogP contribution in [0.25, 0.3) is 0 Å². The normalized spacial score (nSPS) is 17.5. The lowest BCUT2D eigenvalue weighted by molar-refractivity contribution is -0.133. The highest BCUT2D eigenvalue weighted by atomic mass is 79.9. The first-order valence-corrected chi connectivity index (χ1v) is 9.25. The predicted molar refractivity (Wildman–Crippen MR) is 84.4 cm³/mol. The second kappa shape index (κ2) is 6.89. The van der Waals surface area contributed by atoms with Gasteiger partial charge in [-0.25, -0.2) is 8.42 Å². The third-order valence-corrected chi connectivity index (χ3v) is 6.05. The molecule has 0 spiro atoms. The Balaban J connectivity index is 2.09. The molecule has 2 rings (SSSR count). The third kappa shape index (κ3) is 4.05. The highest BCUT2D eigenvalue weighted by Crippen LogP contribution is 2.21.